The first-order valence-electron chi connectivity index (χ1n) is 6.26. The summed E-state index contributed by atoms with van der Waals surface area (Å²) in [5.74, 6) is 0.253. The van der Waals surface area contributed by atoms with E-state index in [2.05, 4.69) is 0 Å². The summed E-state index contributed by atoms with van der Waals surface area (Å²) >= 11 is 0. The number of ether oxygens (including phenoxy) is 2. The van der Waals surface area contributed by atoms with Crippen molar-refractivity contribution in [1.82, 2.24) is 0 Å². The predicted molar refractivity (Wildman–Crippen MR) is 72.3 cm³/mol. The molecular formula is C15H14O5. The molecule has 1 aliphatic heterocycles. The zero-order valence-corrected chi connectivity index (χ0v) is 11.4. The van der Waals surface area contributed by atoms with Gasteiger partial charge in [-0.2, -0.15) is 0 Å². The van der Waals surface area contributed by atoms with Gasteiger partial charge >= 0.3 is 5.63 Å². The van der Waals surface area contributed by atoms with Crippen LogP contribution in [0.4, 0.5) is 0 Å². The van der Waals surface area contributed by atoms with E-state index in [0.29, 0.717) is 22.3 Å². The molecule has 1 aromatic carbocycles. The van der Waals surface area contributed by atoms with Crippen LogP contribution >= 0.6 is 0 Å². The first-order valence-corrected chi connectivity index (χ1v) is 6.26. The van der Waals surface area contributed by atoms with Crippen LogP contribution in [-0.2, 0) is 4.74 Å². The van der Waals surface area contributed by atoms with Gasteiger partial charge in [0.05, 0.1) is 18.3 Å². The summed E-state index contributed by atoms with van der Waals surface area (Å²) in [5, 5.41) is 0.673. The zero-order chi connectivity index (χ0) is 14.5. The maximum absolute atomic E-state index is 12.4. The van der Waals surface area contributed by atoms with Crippen LogP contribution in [-0.4, -0.2) is 24.6 Å². The molecule has 0 aliphatic carbocycles. The van der Waals surface area contributed by atoms with Crippen molar-refractivity contribution in [2.45, 2.75) is 25.6 Å². The van der Waals surface area contributed by atoms with Crippen LogP contribution in [0.5, 0.6) is 5.75 Å². The molecule has 0 saturated carbocycles. The number of Topliss-reactive ketones (excluding diaryl/α,β-unsaturated/α-hetero) is 1. The van der Waals surface area contributed by atoms with E-state index >= 15 is 0 Å². The molecule has 0 spiro atoms. The molecule has 2 aromatic rings. The number of methoxy groups -OCH3 is 1. The molecule has 0 radical (unpaired) electrons. The second kappa shape index (κ2) is 4.18. The summed E-state index contributed by atoms with van der Waals surface area (Å²) in [7, 11) is 1.47. The van der Waals surface area contributed by atoms with Gasteiger partial charge in [-0.1, -0.05) is 0 Å². The Morgan fingerprint density at radius 3 is 2.60 bits per heavy atom. The summed E-state index contributed by atoms with van der Waals surface area (Å²) in [6.45, 7) is 3.73. The van der Waals surface area contributed by atoms with Gasteiger partial charge in [-0.05, 0) is 26.0 Å². The Morgan fingerprint density at radius 1 is 1.30 bits per heavy atom. The highest BCUT2D eigenvalue weighted by Crippen LogP contribution is 2.39. The lowest BCUT2D eigenvalue weighted by Crippen LogP contribution is -2.16. The van der Waals surface area contributed by atoms with Crippen molar-refractivity contribution in [1.29, 1.82) is 0 Å². The topological polar surface area (TPSA) is 69.0 Å². The number of carbonyl (C=O) groups is 1. The second-order valence-electron chi connectivity index (χ2n) is 5.31. The third-order valence-electron chi connectivity index (χ3n) is 3.44. The smallest absolute Gasteiger partial charge is 0.336 e. The molecule has 1 saturated heterocycles. The highest BCUT2D eigenvalue weighted by atomic mass is 16.6. The minimum Gasteiger partial charge on any atom is -0.496 e. The standard InChI is InChI=1S/C15H14O5/c1-15(2)14(20-15)13(17)9-6-8-4-5-12(16)19-10(8)7-11(9)18-3/h4-7,14H,1-3H3/t14-/m1/s1. The van der Waals surface area contributed by atoms with E-state index in [1.807, 2.05) is 13.8 Å². The van der Waals surface area contributed by atoms with Gasteiger partial charge in [0.1, 0.15) is 17.4 Å². The molecule has 0 amide bonds. The van der Waals surface area contributed by atoms with Crippen molar-refractivity contribution in [2.24, 2.45) is 0 Å². The summed E-state index contributed by atoms with van der Waals surface area (Å²) in [6.07, 6.45) is -0.454. The minimum absolute atomic E-state index is 0.125. The molecule has 0 bridgehead atoms. The molecule has 5 heteroatoms. The Kier molecular flexibility index (Phi) is 2.69. The molecule has 1 atom stereocenters. The summed E-state index contributed by atoms with van der Waals surface area (Å²) in [4.78, 5) is 23.6. The van der Waals surface area contributed by atoms with Crippen LogP contribution in [0.2, 0.25) is 0 Å². The second-order valence-corrected chi connectivity index (χ2v) is 5.31. The number of rotatable bonds is 3. The molecule has 1 fully saturated rings. The van der Waals surface area contributed by atoms with Gasteiger partial charge in [0.2, 0.25) is 0 Å². The highest BCUT2D eigenvalue weighted by Gasteiger charge is 2.53. The van der Waals surface area contributed by atoms with Crippen molar-refractivity contribution in [2.75, 3.05) is 7.11 Å². The summed E-state index contributed by atoms with van der Waals surface area (Å²) < 4.78 is 15.7. The van der Waals surface area contributed by atoms with Crippen molar-refractivity contribution >= 4 is 16.8 Å². The Morgan fingerprint density at radius 2 is 2.00 bits per heavy atom. The van der Waals surface area contributed by atoms with Crippen LogP contribution in [0.3, 0.4) is 0 Å². The predicted octanol–water partition coefficient (Wildman–Crippen LogP) is 2.16. The lowest BCUT2D eigenvalue weighted by atomic mass is 9.99. The van der Waals surface area contributed by atoms with Crippen LogP contribution in [0.15, 0.2) is 33.5 Å². The van der Waals surface area contributed by atoms with Gasteiger partial charge in [-0.3, -0.25) is 4.79 Å². The molecule has 5 nitrogen and oxygen atoms in total. The number of carbonyl (C=O) groups excluding carboxylic acids is 1. The zero-order valence-electron chi connectivity index (χ0n) is 11.4. The average Bonchev–Trinajstić information content (AvgIpc) is 3.05. The minimum atomic E-state index is -0.454. The average molecular weight is 274 g/mol. The number of ketones is 1. The van der Waals surface area contributed by atoms with Gasteiger partial charge in [0.15, 0.2) is 5.78 Å². The summed E-state index contributed by atoms with van der Waals surface area (Å²) in [5.41, 5.74) is -0.0445. The van der Waals surface area contributed by atoms with Crippen molar-refractivity contribution < 1.29 is 18.7 Å². The van der Waals surface area contributed by atoms with Gasteiger partial charge in [-0.15, -0.1) is 0 Å². The molecular weight excluding hydrogens is 260 g/mol. The fraction of sp³-hybridized carbons (Fsp3) is 0.333. The Hall–Kier alpha value is -2.14. The van der Waals surface area contributed by atoms with Gasteiger partial charge in [0.25, 0.3) is 0 Å². The van der Waals surface area contributed by atoms with Gasteiger partial charge in [-0.25, -0.2) is 4.79 Å². The highest BCUT2D eigenvalue weighted by molar-refractivity contribution is 6.06. The molecule has 0 N–H and O–H groups in total. The maximum Gasteiger partial charge on any atom is 0.336 e. The third-order valence-corrected chi connectivity index (χ3v) is 3.44. The fourth-order valence-corrected chi connectivity index (χ4v) is 2.24. The first-order chi connectivity index (χ1) is 9.42. The molecule has 1 aliphatic rings. The van der Waals surface area contributed by atoms with Crippen molar-refractivity contribution in [3.63, 3.8) is 0 Å². The lowest BCUT2D eigenvalue weighted by molar-refractivity contribution is 0.0951. The molecule has 2 heterocycles. The number of benzene rings is 1. The molecule has 104 valence electrons. The molecule has 3 rings (SSSR count). The van der Waals surface area contributed by atoms with Crippen LogP contribution in [0, 0.1) is 0 Å². The summed E-state index contributed by atoms with van der Waals surface area (Å²) in [6, 6.07) is 6.16. The van der Waals surface area contributed by atoms with Crippen molar-refractivity contribution in [3.8, 4) is 5.75 Å². The van der Waals surface area contributed by atoms with Crippen LogP contribution < -0.4 is 10.4 Å². The number of epoxide rings is 1. The van der Waals surface area contributed by atoms with Crippen LogP contribution in [0.25, 0.3) is 11.0 Å². The van der Waals surface area contributed by atoms with E-state index < -0.39 is 17.3 Å². The number of fused-ring (bicyclic) bond motifs is 1. The quantitative estimate of drug-likeness (QED) is 0.487. The largest absolute Gasteiger partial charge is 0.496 e. The van der Waals surface area contributed by atoms with E-state index in [9.17, 15) is 9.59 Å². The first kappa shape index (κ1) is 12.9. The SMILES string of the molecule is COc1cc2oc(=O)ccc2cc1C(=O)[C@H]1OC1(C)C. The molecule has 20 heavy (non-hydrogen) atoms. The Labute approximate surface area is 115 Å². The Bertz CT molecular complexity index is 756. The molecule has 1 aromatic heterocycles. The third kappa shape index (κ3) is 2.00. The number of hydrogen-bond acceptors (Lipinski definition) is 5. The van der Waals surface area contributed by atoms with E-state index in [1.54, 1.807) is 18.2 Å². The maximum atomic E-state index is 12.4. The van der Waals surface area contributed by atoms with Crippen molar-refractivity contribution in [3.05, 3.63) is 40.2 Å². The van der Waals surface area contributed by atoms with E-state index in [0.717, 1.165) is 0 Å². The normalized spacial score (nSPS) is 19.9. The van der Waals surface area contributed by atoms with E-state index in [-0.39, 0.29) is 5.78 Å². The van der Waals surface area contributed by atoms with Gasteiger partial charge in [0, 0.05) is 17.5 Å². The van der Waals surface area contributed by atoms with E-state index in [1.165, 1.54) is 13.2 Å². The number of hydrogen-bond donors (Lipinski definition) is 0. The molecule has 0 unspecified atom stereocenters. The Balaban J connectivity index is 2.12. The van der Waals surface area contributed by atoms with Crippen LogP contribution in [0.1, 0.15) is 24.2 Å². The van der Waals surface area contributed by atoms with Gasteiger partial charge < -0.3 is 13.9 Å². The lowest BCUT2D eigenvalue weighted by Gasteiger charge is -2.08. The monoisotopic (exact) mass is 274 g/mol. The van der Waals surface area contributed by atoms with E-state index in [4.69, 9.17) is 13.9 Å². The fourth-order valence-electron chi connectivity index (χ4n) is 2.24.